The Morgan fingerprint density at radius 1 is 1.41 bits per heavy atom. The van der Waals surface area contributed by atoms with Crippen LogP contribution in [-0.2, 0) is 4.79 Å². The molecule has 1 fully saturated rings. The van der Waals surface area contributed by atoms with Crippen LogP contribution in [0.4, 0.5) is 0 Å². The van der Waals surface area contributed by atoms with E-state index in [1.165, 1.54) is 25.7 Å². The molecule has 1 amide bonds. The number of carbonyl (C=O) groups is 1. The zero-order valence-corrected chi connectivity index (χ0v) is 11.6. The van der Waals surface area contributed by atoms with Gasteiger partial charge in [0.15, 0.2) is 0 Å². The Hall–Kier alpha value is -0.570. The summed E-state index contributed by atoms with van der Waals surface area (Å²) in [4.78, 5) is 12.2. The molecule has 0 aromatic rings. The van der Waals surface area contributed by atoms with Crippen LogP contribution in [0.25, 0.3) is 0 Å². The van der Waals surface area contributed by atoms with Gasteiger partial charge in [-0.3, -0.25) is 4.79 Å². The second kappa shape index (κ2) is 7.00. The zero-order chi connectivity index (χ0) is 12.7. The molecular formula is C14H28N2O. The summed E-state index contributed by atoms with van der Waals surface area (Å²) in [6.07, 6.45) is 8.10. The van der Waals surface area contributed by atoms with Gasteiger partial charge in [-0.15, -0.1) is 0 Å². The van der Waals surface area contributed by atoms with E-state index in [1.807, 2.05) is 6.92 Å². The number of unbranched alkanes of at least 4 members (excludes halogenated alkanes) is 2. The lowest BCUT2D eigenvalue weighted by Crippen LogP contribution is -2.58. The van der Waals surface area contributed by atoms with Gasteiger partial charge in [-0.05, 0) is 46.1 Å². The van der Waals surface area contributed by atoms with Crippen LogP contribution >= 0.6 is 0 Å². The fraction of sp³-hybridized carbons (Fsp3) is 0.929. The molecule has 0 aliphatic carbocycles. The van der Waals surface area contributed by atoms with Gasteiger partial charge in [-0.1, -0.05) is 26.2 Å². The molecule has 2 atom stereocenters. The summed E-state index contributed by atoms with van der Waals surface area (Å²) in [7, 11) is 0. The summed E-state index contributed by atoms with van der Waals surface area (Å²) in [5.41, 5.74) is -0.336. The van der Waals surface area contributed by atoms with Gasteiger partial charge < -0.3 is 10.6 Å². The largest absolute Gasteiger partial charge is 0.352 e. The Morgan fingerprint density at radius 3 is 2.76 bits per heavy atom. The van der Waals surface area contributed by atoms with Crippen LogP contribution in [0.3, 0.4) is 0 Å². The van der Waals surface area contributed by atoms with Crippen molar-refractivity contribution in [1.82, 2.24) is 10.6 Å². The second-order valence-corrected chi connectivity index (χ2v) is 5.59. The molecule has 2 N–H and O–H groups in total. The molecule has 3 nitrogen and oxygen atoms in total. The van der Waals surface area contributed by atoms with Gasteiger partial charge in [0.05, 0.1) is 5.54 Å². The maximum atomic E-state index is 12.2. The first-order valence-electron chi connectivity index (χ1n) is 7.14. The number of amides is 1. The normalized spacial score (nSPS) is 26.5. The fourth-order valence-electron chi connectivity index (χ4n) is 2.41. The Labute approximate surface area is 106 Å². The van der Waals surface area contributed by atoms with Crippen LogP contribution in [0, 0.1) is 0 Å². The van der Waals surface area contributed by atoms with Crippen LogP contribution in [0.1, 0.15) is 65.7 Å². The first kappa shape index (κ1) is 14.5. The molecule has 1 aliphatic rings. The van der Waals surface area contributed by atoms with Crippen molar-refractivity contribution in [3.63, 3.8) is 0 Å². The third-order valence-electron chi connectivity index (χ3n) is 3.74. The van der Waals surface area contributed by atoms with E-state index in [2.05, 4.69) is 24.5 Å². The average Bonchev–Trinajstić information content (AvgIpc) is 2.30. The van der Waals surface area contributed by atoms with Crippen LogP contribution < -0.4 is 10.6 Å². The highest BCUT2D eigenvalue weighted by atomic mass is 16.2. The number of piperidine rings is 1. The van der Waals surface area contributed by atoms with Crippen LogP contribution in [0.15, 0.2) is 0 Å². The van der Waals surface area contributed by atoms with E-state index in [9.17, 15) is 4.79 Å². The van der Waals surface area contributed by atoms with Crippen LogP contribution in [0.5, 0.6) is 0 Å². The summed E-state index contributed by atoms with van der Waals surface area (Å²) in [5, 5.41) is 6.50. The lowest BCUT2D eigenvalue weighted by atomic mass is 9.89. The molecule has 3 heteroatoms. The zero-order valence-electron chi connectivity index (χ0n) is 11.6. The summed E-state index contributed by atoms with van der Waals surface area (Å²) < 4.78 is 0. The van der Waals surface area contributed by atoms with E-state index in [1.54, 1.807) is 0 Å². The van der Waals surface area contributed by atoms with Gasteiger partial charge in [-0.25, -0.2) is 0 Å². The molecule has 0 saturated carbocycles. The Bertz CT molecular complexity index is 234. The number of nitrogens with one attached hydrogen (secondary N) is 2. The highest BCUT2D eigenvalue weighted by molar-refractivity contribution is 5.86. The summed E-state index contributed by atoms with van der Waals surface area (Å²) >= 11 is 0. The van der Waals surface area contributed by atoms with E-state index >= 15 is 0 Å². The topological polar surface area (TPSA) is 41.1 Å². The van der Waals surface area contributed by atoms with Gasteiger partial charge in [0.1, 0.15) is 0 Å². The van der Waals surface area contributed by atoms with Gasteiger partial charge >= 0.3 is 0 Å². The highest BCUT2D eigenvalue weighted by Gasteiger charge is 2.34. The predicted octanol–water partition coefficient (Wildman–Crippen LogP) is 2.60. The number of carbonyl (C=O) groups excluding carboxylic acids is 1. The van der Waals surface area contributed by atoms with Gasteiger partial charge in [0.25, 0.3) is 0 Å². The molecule has 17 heavy (non-hydrogen) atoms. The molecule has 0 aromatic heterocycles. The number of rotatable bonds is 6. The minimum atomic E-state index is -0.336. The lowest BCUT2D eigenvalue weighted by Gasteiger charge is -2.34. The van der Waals surface area contributed by atoms with Crippen molar-refractivity contribution in [2.45, 2.75) is 77.3 Å². The van der Waals surface area contributed by atoms with Crippen molar-refractivity contribution in [2.75, 3.05) is 6.54 Å². The Kier molecular flexibility index (Phi) is 5.96. The standard InChI is InChI=1S/C14H28N2O/c1-4-5-6-9-12(2)16-13(17)14(3)10-7-8-11-15-14/h12,15H,4-11H2,1-3H3,(H,16,17). The van der Waals surface area contributed by atoms with Crippen molar-refractivity contribution in [3.05, 3.63) is 0 Å². The maximum Gasteiger partial charge on any atom is 0.240 e. The third-order valence-corrected chi connectivity index (χ3v) is 3.74. The molecule has 0 bridgehead atoms. The Morgan fingerprint density at radius 2 is 2.18 bits per heavy atom. The fourth-order valence-corrected chi connectivity index (χ4v) is 2.41. The van der Waals surface area contributed by atoms with Crippen molar-refractivity contribution in [2.24, 2.45) is 0 Å². The lowest BCUT2D eigenvalue weighted by molar-refractivity contribution is -0.128. The maximum absolute atomic E-state index is 12.2. The minimum absolute atomic E-state index is 0.182. The molecule has 1 heterocycles. The quantitative estimate of drug-likeness (QED) is 0.701. The minimum Gasteiger partial charge on any atom is -0.352 e. The van der Waals surface area contributed by atoms with Crippen LogP contribution in [-0.4, -0.2) is 24.0 Å². The van der Waals surface area contributed by atoms with Crippen molar-refractivity contribution in [3.8, 4) is 0 Å². The summed E-state index contributed by atoms with van der Waals surface area (Å²) in [6.45, 7) is 7.31. The van der Waals surface area contributed by atoms with E-state index in [-0.39, 0.29) is 11.4 Å². The monoisotopic (exact) mass is 240 g/mol. The summed E-state index contributed by atoms with van der Waals surface area (Å²) in [6, 6.07) is 0.301. The molecule has 0 aromatic carbocycles. The third kappa shape index (κ3) is 4.66. The highest BCUT2D eigenvalue weighted by Crippen LogP contribution is 2.19. The van der Waals surface area contributed by atoms with Gasteiger partial charge in [0.2, 0.25) is 5.91 Å². The first-order chi connectivity index (χ1) is 8.08. The molecule has 0 spiro atoms. The van der Waals surface area contributed by atoms with E-state index in [0.29, 0.717) is 6.04 Å². The summed E-state index contributed by atoms with van der Waals surface area (Å²) in [5.74, 6) is 0.182. The molecule has 1 rings (SSSR count). The SMILES string of the molecule is CCCCCC(C)NC(=O)C1(C)CCCCN1. The van der Waals surface area contributed by atoms with Crippen LogP contribution in [0.2, 0.25) is 0 Å². The molecular weight excluding hydrogens is 212 g/mol. The van der Waals surface area contributed by atoms with E-state index < -0.39 is 0 Å². The molecule has 2 unspecified atom stereocenters. The van der Waals surface area contributed by atoms with Gasteiger partial charge in [0, 0.05) is 6.04 Å². The molecule has 1 saturated heterocycles. The van der Waals surface area contributed by atoms with Crippen molar-refractivity contribution in [1.29, 1.82) is 0 Å². The molecule has 1 aliphatic heterocycles. The Balaban J connectivity index is 2.31. The molecule has 100 valence electrons. The predicted molar refractivity (Wildman–Crippen MR) is 72.0 cm³/mol. The second-order valence-electron chi connectivity index (χ2n) is 5.59. The molecule has 0 radical (unpaired) electrons. The number of hydrogen-bond acceptors (Lipinski definition) is 2. The van der Waals surface area contributed by atoms with E-state index in [0.717, 1.165) is 25.8 Å². The first-order valence-corrected chi connectivity index (χ1v) is 7.14. The number of hydrogen-bond donors (Lipinski definition) is 2. The van der Waals surface area contributed by atoms with Crippen molar-refractivity contribution < 1.29 is 4.79 Å². The van der Waals surface area contributed by atoms with Gasteiger partial charge in [-0.2, -0.15) is 0 Å². The van der Waals surface area contributed by atoms with E-state index in [4.69, 9.17) is 0 Å². The average molecular weight is 240 g/mol. The smallest absolute Gasteiger partial charge is 0.240 e. The van der Waals surface area contributed by atoms with Crippen molar-refractivity contribution >= 4 is 5.91 Å².